The second kappa shape index (κ2) is 6.65. The number of likely N-dealkylation sites (tertiary alicyclic amines) is 1. The van der Waals surface area contributed by atoms with Crippen molar-refractivity contribution < 1.29 is 14.6 Å². The zero-order valence-electron chi connectivity index (χ0n) is 14.6. The van der Waals surface area contributed by atoms with Crippen LogP contribution < -0.4 is 5.32 Å². The Morgan fingerprint density at radius 2 is 2.04 bits per heavy atom. The highest BCUT2D eigenvalue weighted by Crippen LogP contribution is 2.35. The van der Waals surface area contributed by atoms with Gasteiger partial charge in [-0.05, 0) is 54.5 Å². The van der Waals surface area contributed by atoms with Crippen LogP contribution >= 0.6 is 0 Å². The first-order valence-corrected chi connectivity index (χ1v) is 8.78. The summed E-state index contributed by atoms with van der Waals surface area (Å²) in [5, 5.41) is 24.0. The van der Waals surface area contributed by atoms with Crippen molar-refractivity contribution in [2.24, 2.45) is 0 Å². The highest BCUT2D eigenvalue weighted by atomic mass is 16.5. The molecule has 4 rings (SSSR count). The molecule has 1 atom stereocenters. The lowest BCUT2D eigenvalue weighted by molar-refractivity contribution is -0.0365. The van der Waals surface area contributed by atoms with Crippen molar-refractivity contribution in [3.8, 4) is 5.69 Å². The highest BCUT2D eigenvalue weighted by molar-refractivity contribution is 5.89. The van der Waals surface area contributed by atoms with E-state index >= 15 is 0 Å². The minimum absolute atomic E-state index is 0.121. The van der Waals surface area contributed by atoms with Crippen molar-refractivity contribution in [2.75, 3.05) is 25.0 Å². The van der Waals surface area contributed by atoms with Crippen molar-refractivity contribution in [1.82, 2.24) is 25.1 Å². The van der Waals surface area contributed by atoms with Crippen molar-refractivity contribution in [3.63, 3.8) is 0 Å². The fourth-order valence-corrected chi connectivity index (χ4v) is 3.64. The van der Waals surface area contributed by atoms with Gasteiger partial charge in [-0.25, -0.2) is 4.79 Å². The first-order chi connectivity index (χ1) is 12.5. The molecule has 26 heavy (non-hydrogen) atoms. The quantitative estimate of drug-likeness (QED) is 0.833. The molecule has 0 saturated carbocycles. The van der Waals surface area contributed by atoms with Crippen LogP contribution in [-0.4, -0.2) is 67.6 Å². The number of piperidine rings is 1. The number of aromatic nitrogens is 4. The lowest BCUT2D eigenvalue weighted by Gasteiger charge is -2.38. The number of benzene rings is 1. The molecule has 0 aliphatic carbocycles. The summed E-state index contributed by atoms with van der Waals surface area (Å²) >= 11 is 0. The minimum Gasteiger partial charge on any atom is -0.391 e. The average Bonchev–Trinajstić information content (AvgIpc) is 3.22. The molecule has 1 aromatic heterocycles. The smallest absolute Gasteiger partial charge is 0.321 e. The molecule has 2 aliphatic heterocycles. The van der Waals surface area contributed by atoms with Gasteiger partial charge in [0, 0.05) is 25.2 Å². The zero-order chi connectivity index (χ0) is 18.1. The van der Waals surface area contributed by atoms with E-state index in [2.05, 4.69) is 20.8 Å². The molecule has 0 bridgehead atoms. The Hall–Kier alpha value is -2.52. The maximum atomic E-state index is 12.5. The number of urea groups is 1. The molecule has 2 N–H and O–H groups in total. The zero-order valence-corrected chi connectivity index (χ0v) is 14.6. The van der Waals surface area contributed by atoms with Crippen LogP contribution in [0.25, 0.3) is 5.69 Å². The van der Waals surface area contributed by atoms with Crippen LogP contribution in [0, 0.1) is 6.92 Å². The van der Waals surface area contributed by atoms with E-state index in [4.69, 9.17) is 4.74 Å². The summed E-state index contributed by atoms with van der Waals surface area (Å²) in [7, 11) is 0. The predicted molar refractivity (Wildman–Crippen MR) is 93.0 cm³/mol. The largest absolute Gasteiger partial charge is 0.391 e. The maximum Gasteiger partial charge on any atom is 0.321 e. The number of rotatable bonds is 2. The van der Waals surface area contributed by atoms with Gasteiger partial charge in [-0.1, -0.05) is 0 Å². The first-order valence-electron chi connectivity index (χ1n) is 8.78. The fraction of sp³-hybridized carbons (Fsp3) is 0.529. The van der Waals surface area contributed by atoms with Crippen LogP contribution in [0.15, 0.2) is 24.3 Å². The minimum atomic E-state index is -0.377. The Balaban J connectivity index is 1.34. The van der Waals surface area contributed by atoms with Gasteiger partial charge in [-0.15, -0.1) is 5.10 Å². The van der Waals surface area contributed by atoms with E-state index in [1.807, 2.05) is 31.2 Å². The summed E-state index contributed by atoms with van der Waals surface area (Å²) in [5.41, 5.74) is 1.31. The maximum absolute atomic E-state index is 12.5. The number of carbonyl (C=O) groups excluding carboxylic acids is 1. The Morgan fingerprint density at radius 3 is 2.62 bits per heavy atom. The SMILES string of the molecule is Cc1nnnn1-c1ccc(NC(=O)N2CCC3(CC2)C[C@H](O)CO3)cc1. The van der Waals surface area contributed by atoms with E-state index in [1.54, 1.807) is 9.58 Å². The second-order valence-electron chi connectivity index (χ2n) is 6.95. The average molecular weight is 358 g/mol. The molecule has 1 aromatic carbocycles. The molecular formula is C17H22N6O3. The Bertz CT molecular complexity index is 782. The van der Waals surface area contributed by atoms with E-state index in [9.17, 15) is 9.90 Å². The van der Waals surface area contributed by atoms with Crippen LogP contribution in [-0.2, 0) is 4.74 Å². The summed E-state index contributed by atoms with van der Waals surface area (Å²) in [6, 6.07) is 7.26. The Morgan fingerprint density at radius 1 is 1.31 bits per heavy atom. The molecule has 2 saturated heterocycles. The van der Waals surface area contributed by atoms with E-state index in [0.717, 1.165) is 24.2 Å². The monoisotopic (exact) mass is 358 g/mol. The molecular weight excluding hydrogens is 336 g/mol. The molecule has 0 unspecified atom stereocenters. The predicted octanol–water partition coefficient (Wildman–Crippen LogP) is 1.12. The third-order valence-corrected chi connectivity index (χ3v) is 5.14. The van der Waals surface area contributed by atoms with Gasteiger partial charge < -0.3 is 20.1 Å². The molecule has 0 radical (unpaired) electrons. The van der Waals surface area contributed by atoms with Crippen LogP contribution in [0.5, 0.6) is 0 Å². The van der Waals surface area contributed by atoms with Crippen LogP contribution in [0.3, 0.4) is 0 Å². The molecule has 2 aliphatic rings. The number of aryl methyl sites for hydroxylation is 1. The number of hydrogen-bond acceptors (Lipinski definition) is 6. The van der Waals surface area contributed by atoms with E-state index in [0.29, 0.717) is 31.9 Å². The lowest BCUT2D eigenvalue weighted by Crippen LogP contribution is -2.47. The number of amides is 2. The molecule has 1 spiro atoms. The molecule has 9 heteroatoms. The Kier molecular flexibility index (Phi) is 4.33. The van der Waals surface area contributed by atoms with Crippen molar-refractivity contribution in [2.45, 2.75) is 37.9 Å². The molecule has 2 amide bonds. The van der Waals surface area contributed by atoms with Gasteiger partial charge in [-0.3, -0.25) is 0 Å². The number of aliphatic hydroxyl groups excluding tert-OH is 1. The van der Waals surface area contributed by atoms with Gasteiger partial charge in [0.1, 0.15) is 0 Å². The van der Waals surface area contributed by atoms with Crippen molar-refractivity contribution in [1.29, 1.82) is 0 Å². The van der Waals surface area contributed by atoms with E-state index in [-0.39, 0.29) is 17.7 Å². The molecule has 2 aromatic rings. The third-order valence-electron chi connectivity index (χ3n) is 5.14. The molecule has 3 heterocycles. The van der Waals surface area contributed by atoms with Crippen LogP contribution in [0.4, 0.5) is 10.5 Å². The fourth-order valence-electron chi connectivity index (χ4n) is 3.64. The number of aliphatic hydroxyl groups is 1. The lowest BCUT2D eigenvalue weighted by atomic mass is 9.88. The Labute approximate surface area is 150 Å². The number of tetrazole rings is 1. The van der Waals surface area contributed by atoms with Gasteiger partial charge in [0.2, 0.25) is 0 Å². The number of anilines is 1. The van der Waals surface area contributed by atoms with Crippen molar-refractivity contribution in [3.05, 3.63) is 30.1 Å². The summed E-state index contributed by atoms with van der Waals surface area (Å²) < 4.78 is 7.40. The van der Waals surface area contributed by atoms with Gasteiger partial charge in [0.25, 0.3) is 0 Å². The number of nitrogens with zero attached hydrogens (tertiary/aromatic N) is 5. The number of nitrogens with one attached hydrogen (secondary N) is 1. The topological polar surface area (TPSA) is 105 Å². The number of hydrogen-bond donors (Lipinski definition) is 2. The highest BCUT2D eigenvalue weighted by Gasteiger charge is 2.42. The number of carbonyl (C=O) groups is 1. The summed E-state index contributed by atoms with van der Waals surface area (Å²) in [6.07, 6.45) is 1.81. The van der Waals surface area contributed by atoms with E-state index < -0.39 is 0 Å². The van der Waals surface area contributed by atoms with Gasteiger partial charge in [-0.2, -0.15) is 4.68 Å². The van der Waals surface area contributed by atoms with Gasteiger partial charge in [0.05, 0.1) is 24.0 Å². The van der Waals surface area contributed by atoms with Gasteiger partial charge >= 0.3 is 6.03 Å². The molecule has 2 fully saturated rings. The molecule has 138 valence electrons. The standard InChI is InChI=1S/C17H22N6O3/c1-12-19-20-21-23(12)14-4-2-13(3-5-14)18-16(25)22-8-6-17(7-9-22)10-15(24)11-26-17/h2-5,15,24H,6-11H2,1H3,(H,18,25)/t15-/m0/s1. The molecule has 9 nitrogen and oxygen atoms in total. The first kappa shape index (κ1) is 16.9. The summed E-state index contributed by atoms with van der Waals surface area (Å²) in [6.45, 7) is 3.48. The van der Waals surface area contributed by atoms with Crippen LogP contribution in [0.1, 0.15) is 25.1 Å². The van der Waals surface area contributed by atoms with Crippen molar-refractivity contribution >= 4 is 11.7 Å². The number of ether oxygens (including phenoxy) is 1. The van der Waals surface area contributed by atoms with Crippen LogP contribution in [0.2, 0.25) is 0 Å². The summed E-state index contributed by atoms with van der Waals surface area (Å²) in [5.74, 6) is 0.697. The van der Waals surface area contributed by atoms with E-state index in [1.165, 1.54) is 0 Å². The van der Waals surface area contributed by atoms with Gasteiger partial charge in [0.15, 0.2) is 5.82 Å². The second-order valence-corrected chi connectivity index (χ2v) is 6.95. The normalized spacial score (nSPS) is 21.9. The third kappa shape index (κ3) is 3.27. The summed E-state index contributed by atoms with van der Waals surface area (Å²) in [4.78, 5) is 14.3.